The second-order valence-electron chi connectivity index (χ2n) is 5.53. The van der Waals surface area contributed by atoms with Crippen LogP contribution in [0.25, 0.3) is 0 Å². The number of rotatable bonds is 4. The molecule has 1 aliphatic heterocycles. The number of benzene rings is 1. The predicted octanol–water partition coefficient (Wildman–Crippen LogP) is 3.83. The summed E-state index contributed by atoms with van der Waals surface area (Å²) in [6.45, 7) is 4.37. The molecule has 0 spiro atoms. The fraction of sp³-hybridized carbons (Fsp3) is 0.353. The summed E-state index contributed by atoms with van der Waals surface area (Å²) in [6, 6.07) is 6.91. The molecule has 1 aromatic heterocycles. The van der Waals surface area contributed by atoms with Gasteiger partial charge in [-0.25, -0.2) is 4.39 Å². The summed E-state index contributed by atoms with van der Waals surface area (Å²) >= 11 is 1.82. The first-order valence-corrected chi connectivity index (χ1v) is 8.08. The van der Waals surface area contributed by atoms with Crippen LogP contribution in [0.5, 0.6) is 0 Å². The maximum atomic E-state index is 13.5. The molecule has 2 heterocycles. The first kappa shape index (κ1) is 14.4. The summed E-state index contributed by atoms with van der Waals surface area (Å²) in [5, 5.41) is 2.13. The zero-order chi connectivity index (χ0) is 14.8. The quantitative estimate of drug-likeness (QED) is 0.800. The largest absolute Gasteiger partial charge is 0.298 e. The molecule has 0 atom stereocenters. The van der Waals surface area contributed by atoms with E-state index < -0.39 is 0 Å². The van der Waals surface area contributed by atoms with E-state index in [1.54, 1.807) is 19.1 Å². The normalized spacial score (nSPS) is 15.0. The first-order valence-electron chi connectivity index (χ1n) is 7.20. The molecule has 0 bridgehead atoms. The van der Waals surface area contributed by atoms with Gasteiger partial charge in [-0.2, -0.15) is 0 Å². The van der Waals surface area contributed by atoms with E-state index in [4.69, 9.17) is 0 Å². The van der Waals surface area contributed by atoms with Crippen molar-refractivity contribution in [2.24, 2.45) is 0 Å². The third-order valence-corrected chi connectivity index (χ3v) is 5.06. The lowest BCUT2D eigenvalue weighted by molar-refractivity contribution is 0.0960. The third-order valence-electron chi connectivity index (χ3n) is 4.04. The van der Waals surface area contributed by atoms with E-state index in [-0.39, 0.29) is 11.6 Å². The summed E-state index contributed by atoms with van der Waals surface area (Å²) < 4.78 is 13.5. The van der Waals surface area contributed by atoms with E-state index >= 15 is 0 Å². The van der Waals surface area contributed by atoms with Gasteiger partial charge in [-0.3, -0.25) is 9.69 Å². The maximum Gasteiger partial charge on any atom is 0.164 e. The number of aryl methyl sites for hydroxylation is 1. The van der Waals surface area contributed by atoms with Crippen molar-refractivity contribution in [1.82, 2.24) is 4.90 Å². The Hall–Kier alpha value is -1.52. The lowest BCUT2D eigenvalue weighted by atomic mass is 10.0. The molecule has 0 amide bonds. The Morgan fingerprint density at radius 3 is 3.05 bits per heavy atom. The molecular weight excluding hydrogens is 285 g/mol. The van der Waals surface area contributed by atoms with Gasteiger partial charge in [0, 0.05) is 36.5 Å². The van der Waals surface area contributed by atoms with Crippen LogP contribution in [0.15, 0.2) is 29.6 Å². The van der Waals surface area contributed by atoms with Gasteiger partial charge in [0.05, 0.1) is 0 Å². The minimum absolute atomic E-state index is 0.0185. The number of carbonyl (C=O) groups excluding carboxylic acids is 1. The molecule has 4 heteroatoms. The van der Waals surface area contributed by atoms with Crippen LogP contribution < -0.4 is 0 Å². The molecule has 110 valence electrons. The molecule has 0 radical (unpaired) electrons. The Morgan fingerprint density at radius 1 is 1.38 bits per heavy atom. The highest BCUT2D eigenvalue weighted by Crippen LogP contribution is 2.24. The number of hydrogen-bond donors (Lipinski definition) is 0. The average molecular weight is 303 g/mol. The number of nitrogens with zero attached hydrogens (tertiary/aromatic N) is 1. The van der Waals surface area contributed by atoms with Gasteiger partial charge in [0.1, 0.15) is 5.82 Å². The molecular formula is C17H18FNOS. The number of Topliss-reactive ketones (excluding diaryl/α,β-unsaturated/α-hetero) is 1. The average Bonchev–Trinajstić information content (AvgIpc) is 2.95. The second kappa shape index (κ2) is 6.08. The second-order valence-corrected chi connectivity index (χ2v) is 6.53. The Bertz CT molecular complexity index is 665. The molecule has 21 heavy (non-hydrogen) atoms. The summed E-state index contributed by atoms with van der Waals surface area (Å²) in [4.78, 5) is 15.9. The van der Waals surface area contributed by atoms with Gasteiger partial charge in [0.25, 0.3) is 0 Å². The van der Waals surface area contributed by atoms with Gasteiger partial charge in [0.15, 0.2) is 5.78 Å². The minimum atomic E-state index is -0.304. The van der Waals surface area contributed by atoms with Crippen LogP contribution in [0.4, 0.5) is 4.39 Å². The fourth-order valence-electron chi connectivity index (χ4n) is 2.67. The smallest absolute Gasteiger partial charge is 0.164 e. The van der Waals surface area contributed by atoms with Gasteiger partial charge >= 0.3 is 0 Å². The zero-order valence-corrected chi connectivity index (χ0v) is 12.9. The number of fused-ring (bicyclic) bond motifs is 1. The minimum Gasteiger partial charge on any atom is -0.298 e. The number of halogens is 1. The number of thiophene rings is 1. The van der Waals surface area contributed by atoms with Crippen molar-refractivity contribution in [2.75, 3.05) is 13.1 Å². The van der Waals surface area contributed by atoms with Crippen LogP contribution in [0.2, 0.25) is 0 Å². The van der Waals surface area contributed by atoms with Crippen molar-refractivity contribution in [3.05, 3.63) is 57.0 Å². The van der Waals surface area contributed by atoms with Crippen molar-refractivity contribution >= 4 is 17.1 Å². The number of hydrogen-bond acceptors (Lipinski definition) is 3. The molecule has 0 unspecified atom stereocenters. The van der Waals surface area contributed by atoms with Crippen LogP contribution in [0, 0.1) is 12.7 Å². The molecule has 0 saturated carbocycles. The third kappa shape index (κ3) is 3.22. The van der Waals surface area contributed by atoms with Crippen molar-refractivity contribution in [2.45, 2.75) is 26.3 Å². The number of carbonyl (C=O) groups is 1. The van der Waals surface area contributed by atoms with Gasteiger partial charge in [-0.1, -0.05) is 12.1 Å². The SMILES string of the molecule is Cc1ccc(C(=O)CCN2CCc3sccc3C2)cc1F. The van der Waals surface area contributed by atoms with E-state index in [0.717, 1.165) is 26.1 Å². The fourth-order valence-corrected chi connectivity index (χ4v) is 3.56. The van der Waals surface area contributed by atoms with Crippen LogP contribution in [-0.2, 0) is 13.0 Å². The highest BCUT2D eigenvalue weighted by molar-refractivity contribution is 7.10. The van der Waals surface area contributed by atoms with Crippen molar-refractivity contribution in [3.8, 4) is 0 Å². The van der Waals surface area contributed by atoms with Gasteiger partial charge < -0.3 is 0 Å². The van der Waals surface area contributed by atoms with Crippen LogP contribution >= 0.6 is 11.3 Å². The van der Waals surface area contributed by atoms with Crippen LogP contribution in [0.1, 0.15) is 32.8 Å². The van der Waals surface area contributed by atoms with Crippen molar-refractivity contribution < 1.29 is 9.18 Å². The van der Waals surface area contributed by atoms with Crippen molar-refractivity contribution in [3.63, 3.8) is 0 Å². The first-order chi connectivity index (χ1) is 10.1. The molecule has 3 rings (SSSR count). The topological polar surface area (TPSA) is 20.3 Å². The summed E-state index contributed by atoms with van der Waals surface area (Å²) in [5.41, 5.74) is 2.44. The van der Waals surface area contributed by atoms with E-state index in [1.165, 1.54) is 16.5 Å². The molecule has 0 aliphatic carbocycles. The maximum absolute atomic E-state index is 13.5. The van der Waals surface area contributed by atoms with Gasteiger partial charge in [-0.15, -0.1) is 11.3 Å². The van der Waals surface area contributed by atoms with Crippen LogP contribution in [0.3, 0.4) is 0 Å². The lowest BCUT2D eigenvalue weighted by Gasteiger charge is -2.26. The van der Waals surface area contributed by atoms with Crippen molar-refractivity contribution in [1.29, 1.82) is 0 Å². The summed E-state index contributed by atoms with van der Waals surface area (Å²) in [6.07, 6.45) is 1.52. The highest BCUT2D eigenvalue weighted by atomic mass is 32.1. The van der Waals surface area contributed by atoms with Crippen LogP contribution in [-0.4, -0.2) is 23.8 Å². The van der Waals surface area contributed by atoms with E-state index in [0.29, 0.717) is 17.5 Å². The van der Waals surface area contributed by atoms with E-state index in [9.17, 15) is 9.18 Å². The molecule has 2 nitrogen and oxygen atoms in total. The molecule has 1 aromatic carbocycles. The molecule has 0 saturated heterocycles. The van der Waals surface area contributed by atoms with E-state index in [2.05, 4.69) is 16.3 Å². The van der Waals surface area contributed by atoms with E-state index in [1.807, 2.05) is 11.3 Å². The summed E-state index contributed by atoms with van der Waals surface area (Å²) in [7, 11) is 0. The predicted molar refractivity (Wildman–Crippen MR) is 83.4 cm³/mol. The molecule has 1 aliphatic rings. The Morgan fingerprint density at radius 2 is 2.24 bits per heavy atom. The Balaban J connectivity index is 1.58. The highest BCUT2D eigenvalue weighted by Gasteiger charge is 2.18. The zero-order valence-electron chi connectivity index (χ0n) is 12.1. The number of ketones is 1. The van der Waals surface area contributed by atoms with Gasteiger partial charge in [0.2, 0.25) is 0 Å². The summed E-state index contributed by atoms with van der Waals surface area (Å²) in [5.74, 6) is -0.285. The molecule has 2 aromatic rings. The Labute approximate surface area is 128 Å². The lowest BCUT2D eigenvalue weighted by Crippen LogP contribution is -2.31. The standard InChI is InChI=1S/C17H18FNOS/c1-12-2-3-13(10-15(12)18)16(20)4-7-19-8-5-17-14(11-19)6-9-21-17/h2-3,6,9-10H,4-5,7-8,11H2,1H3. The molecule has 0 N–H and O–H groups in total. The monoisotopic (exact) mass is 303 g/mol. The molecule has 0 fully saturated rings. The van der Waals surface area contributed by atoms with Gasteiger partial charge in [-0.05, 0) is 42.0 Å². The Kier molecular flexibility index (Phi) is 4.17.